The number of nitrogens with two attached hydrogens (primary N) is 1. The van der Waals surface area contributed by atoms with Gasteiger partial charge in [0.1, 0.15) is 11.3 Å². The van der Waals surface area contributed by atoms with Gasteiger partial charge in [-0.15, -0.1) is 5.10 Å². The SMILES string of the molecule is Cc1ccc2oc(=O)c(-c3nnc(N)o3)c(O)c2c1. The number of aromatic hydroxyl groups is 1. The van der Waals surface area contributed by atoms with Gasteiger partial charge in [-0.2, -0.15) is 0 Å². The van der Waals surface area contributed by atoms with Gasteiger partial charge < -0.3 is 19.7 Å². The molecule has 0 amide bonds. The fourth-order valence-corrected chi connectivity index (χ4v) is 1.82. The molecule has 7 heteroatoms. The summed E-state index contributed by atoms with van der Waals surface area (Å²) in [6, 6.07) is 4.88. The minimum absolute atomic E-state index is 0.174. The van der Waals surface area contributed by atoms with Crippen molar-refractivity contribution in [3.05, 3.63) is 34.2 Å². The van der Waals surface area contributed by atoms with Crippen molar-refractivity contribution in [2.75, 3.05) is 5.73 Å². The molecule has 0 spiro atoms. The molecule has 0 fully saturated rings. The van der Waals surface area contributed by atoms with E-state index >= 15 is 0 Å². The van der Waals surface area contributed by atoms with Gasteiger partial charge in [-0.25, -0.2) is 4.79 Å². The molecule has 3 aromatic rings. The van der Waals surface area contributed by atoms with Gasteiger partial charge in [0, 0.05) is 0 Å². The van der Waals surface area contributed by atoms with E-state index in [1.54, 1.807) is 18.2 Å². The highest BCUT2D eigenvalue weighted by Gasteiger charge is 2.20. The highest BCUT2D eigenvalue weighted by molar-refractivity contribution is 5.89. The Kier molecular flexibility index (Phi) is 2.28. The van der Waals surface area contributed by atoms with Crippen LogP contribution in [0.3, 0.4) is 0 Å². The fourth-order valence-electron chi connectivity index (χ4n) is 1.82. The molecule has 19 heavy (non-hydrogen) atoms. The van der Waals surface area contributed by atoms with Crippen molar-refractivity contribution in [3.63, 3.8) is 0 Å². The van der Waals surface area contributed by atoms with Gasteiger partial charge in [0.15, 0.2) is 5.56 Å². The first-order valence-corrected chi connectivity index (χ1v) is 5.42. The van der Waals surface area contributed by atoms with Crippen LogP contribution in [0, 0.1) is 6.92 Å². The summed E-state index contributed by atoms with van der Waals surface area (Å²) in [5, 5.41) is 17.6. The normalized spacial score (nSPS) is 11.0. The second kappa shape index (κ2) is 3.84. The molecule has 96 valence electrons. The minimum Gasteiger partial charge on any atom is -0.506 e. The first-order valence-electron chi connectivity index (χ1n) is 5.42. The standard InChI is InChI=1S/C12H9N3O4/c1-5-2-3-7-6(4-5)9(16)8(11(17)18-7)10-14-15-12(13)19-10/h2-4,16H,1H3,(H2,13,15). The van der Waals surface area contributed by atoms with E-state index in [0.717, 1.165) is 5.56 Å². The van der Waals surface area contributed by atoms with Crippen molar-refractivity contribution in [1.29, 1.82) is 0 Å². The second-order valence-corrected chi connectivity index (χ2v) is 4.06. The lowest BCUT2D eigenvalue weighted by Crippen LogP contribution is -2.04. The van der Waals surface area contributed by atoms with Crippen LogP contribution < -0.4 is 11.4 Å². The van der Waals surface area contributed by atoms with Gasteiger partial charge in [0.25, 0.3) is 5.89 Å². The lowest BCUT2D eigenvalue weighted by Gasteiger charge is -2.03. The predicted octanol–water partition coefficient (Wildman–Crippen LogP) is 1.44. The zero-order valence-electron chi connectivity index (χ0n) is 9.88. The van der Waals surface area contributed by atoms with E-state index in [0.29, 0.717) is 5.39 Å². The van der Waals surface area contributed by atoms with Crippen LogP contribution in [0.4, 0.5) is 6.01 Å². The highest BCUT2D eigenvalue weighted by atomic mass is 16.4. The van der Waals surface area contributed by atoms with Crippen LogP contribution in [0.1, 0.15) is 5.56 Å². The Morgan fingerprint density at radius 2 is 2.05 bits per heavy atom. The fraction of sp³-hybridized carbons (Fsp3) is 0.0833. The largest absolute Gasteiger partial charge is 0.506 e. The number of fused-ring (bicyclic) bond motifs is 1. The maximum absolute atomic E-state index is 11.9. The number of rotatable bonds is 1. The second-order valence-electron chi connectivity index (χ2n) is 4.06. The molecule has 2 aromatic heterocycles. The van der Waals surface area contributed by atoms with E-state index in [2.05, 4.69) is 10.2 Å². The van der Waals surface area contributed by atoms with E-state index in [1.165, 1.54) is 0 Å². The molecule has 1 aromatic carbocycles. The number of hydrogen-bond acceptors (Lipinski definition) is 7. The average Bonchev–Trinajstić information content (AvgIpc) is 2.77. The van der Waals surface area contributed by atoms with Crippen molar-refractivity contribution < 1.29 is 13.9 Å². The van der Waals surface area contributed by atoms with Crippen molar-refractivity contribution in [2.24, 2.45) is 0 Å². The maximum atomic E-state index is 11.9. The smallest absolute Gasteiger partial charge is 0.353 e. The van der Waals surface area contributed by atoms with Crippen molar-refractivity contribution in [1.82, 2.24) is 10.2 Å². The Labute approximate surface area is 106 Å². The topological polar surface area (TPSA) is 115 Å². The Morgan fingerprint density at radius 1 is 1.26 bits per heavy atom. The predicted molar refractivity (Wildman–Crippen MR) is 66.6 cm³/mol. The number of aromatic nitrogens is 2. The molecule has 2 heterocycles. The first-order chi connectivity index (χ1) is 9.06. The van der Waals surface area contributed by atoms with Crippen LogP contribution in [-0.4, -0.2) is 15.3 Å². The summed E-state index contributed by atoms with van der Waals surface area (Å²) in [6.45, 7) is 1.86. The molecule has 0 unspecified atom stereocenters. The Hall–Kier alpha value is -2.83. The number of aryl methyl sites for hydroxylation is 1. The quantitative estimate of drug-likeness (QED) is 0.635. The van der Waals surface area contributed by atoms with E-state index in [-0.39, 0.29) is 28.8 Å². The Morgan fingerprint density at radius 3 is 2.74 bits per heavy atom. The molecule has 0 saturated carbocycles. The maximum Gasteiger partial charge on any atom is 0.353 e. The van der Waals surface area contributed by atoms with Crippen LogP contribution in [0.5, 0.6) is 5.75 Å². The van der Waals surface area contributed by atoms with Crippen molar-refractivity contribution in [3.8, 4) is 17.2 Å². The van der Waals surface area contributed by atoms with E-state index in [1.807, 2.05) is 6.92 Å². The number of anilines is 1. The number of nitrogen functional groups attached to an aromatic ring is 1. The van der Waals surface area contributed by atoms with E-state index < -0.39 is 5.63 Å². The van der Waals surface area contributed by atoms with Crippen molar-refractivity contribution in [2.45, 2.75) is 6.92 Å². The third-order valence-electron chi connectivity index (χ3n) is 2.69. The van der Waals surface area contributed by atoms with Crippen LogP contribution >= 0.6 is 0 Å². The van der Waals surface area contributed by atoms with Crippen molar-refractivity contribution >= 4 is 17.0 Å². The lowest BCUT2D eigenvalue weighted by molar-refractivity contribution is 0.465. The van der Waals surface area contributed by atoms with Crippen LogP contribution in [-0.2, 0) is 0 Å². The van der Waals surface area contributed by atoms with Gasteiger partial charge in [-0.3, -0.25) is 0 Å². The van der Waals surface area contributed by atoms with Crippen LogP contribution in [0.2, 0.25) is 0 Å². The van der Waals surface area contributed by atoms with Crippen LogP contribution in [0.25, 0.3) is 22.4 Å². The Bertz CT molecular complexity index is 835. The molecule has 3 rings (SSSR count). The third kappa shape index (κ3) is 1.71. The van der Waals surface area contributed by atoms with Gasteiger partial charge in [-0.05, 0) is 19.1 Å². The van der Waals surface area contributed by atoms with E-state index in [9.17, 15) is 9.90 Å². The summed E-state index contributed by atoms with van der Waals surface area (Å²) in [6.07, 6.45) is 0. The zero-order valence-corrected chi connectivity index (χ0v) is 9.88. The highest BCUT2D eigenvalue weighted by Crippen LogP contribution is 2.32. The van der Waals surface area contributed by atoms with Gasteiger partial charge >= 0.3 is 11.6 Å². The van der Waals surface area contributed by atoms with Gasteiger partial charge in [0.05, 0.1) is 5.39 Å². The summed E-state index contributed by atoms with van der Waals surface area (Å²) in [4.78, 5) is 11.9. The number of hydrogen-bond donors (Lipinski definition) is 2. The van der Waals surface area contributed by atoms with E-state index in [4.69, 9.17) is 14.6 Å². The summed E-state index contributed by atoms with van der Waals surface area (Å²) in [5.41, 5.74) is 5.53. The molecule has 7 nitrogen and oxygen atoms in total. The molecule has 0 aliphatic heterocycles. The molecule has 0 aliphatic rings. The molecular weight excluding hydrogens is 250 g/mol. The molecule has 0 saturated heterocycles. The number of nitrogens with zero attached hydrogens (tertiary/aromatic N) is 2. The number of benzene rings is 1. The first kappa shape index (κ1) is 11.3. The Balaban J connectivity index is 2.39. The average molecular weight is 259 g/mol. The third-order valence-corrected chi connectivity index (χ3v) is 2.69. The molecular formula is C12H9N3O4. The summed E-state index contributed by atoms with van der Waals surface area (Å²) in [7, 11) is 0. The molecule has 0 bridgehead atoms. The molecule has 3 N–H and O–H groups in total. The zero-order chi connectivity index (χ0) is 13.6. The molecule has 0 radical (unpaired) electrons. The van der Waals surface area contributed by atoms with Gasteiger partial charge in [-0.1, -0.05) is 16.7 Å². The monoisotopic (exact) mass is 259 g/mol. The summed E-state index contributed by atoms with van der Waals surface area (Å²) < 4.78 is 10.1. The minimum atomic E-state index is -0.766. The summed E-state index contributed by atoms with van der Waals surface area (Å²) in [5.74, 6) is -0.439. The van der Waals surface area contributed by atoms with Gasteiger partial charge in [0.2, 0.25) is 0 Å². The molecule has 0 aliphatic carbocycles. The summed E-state index contributed by atoms with van der Waals surface area (Å²) >= 11 is 0. The van der Waals surface area contributed by atoms with Crippen LogP contribution in [0.15, 0.2) is 31.8 Å². The molecule has 0 atom stereocenters. The lowest BCUT2D eigenvalue weighted by atomic mass is 10.1.